The van der Waals surface area contributed by atoms with Gasteiger partial charge in [-0.15, -0.1) is 16.3 Å². The molecule has 0 atom stereocenters. The van der Waals surface area contributed by atoms with Crippen LogP contribution in [0.25, 0.3) is 0 Å². The molecule has 4 nitrogen and oxygen atoms in total. The molecule has 0 N–H and O–H groups in total. The Morgan fingerprint density at radius 3 is 3.08 bits per heavy atom. The van der Waals surface area contributed by atoms with E-state index in [-0.39, 0.29) is 0 Å². The minimum Gasteiger partial charge on any atom is -0.448 e. The molecule has 1 rings (SSSR count). The number of rotatable bonds is 1. The molecule has 66 valence electrons. The third-order valence-electron chi connectivity index (χ3n) is 1.21. The predicted octanol–water partition coefficient (Wildman–Crippen LogP) is 1.14. The molecule has 0 unspecified atom stereocenters. The van der Waals surface area contributed by atoms with Gasteiger partial charge in [-0.3, -0.25) is 0 Å². The Morgan fingerprint density at radius 2 is 2.58 bits per heavy atom. The van der Waals surface area contributed by atoms with Crippen LogP contribution in [0.3, 0.4) is 0 Å². The second-order valence-electron chi connectivity index (χ2n) is 2.11. The summed E-state index contributed by atoms with van der Waals surface area (Å²) in [7, 11) is 1.83. The topological polar surface area (TPSA) is 43.6 Å². The van der Waals surface area contributed by atoms with E-state index in [9.17, 15) is 4.79 Å². The van der Waals surface area contributed by atoms with Crippen molar-refractivity contribution in [2.45, 2.75) is 6.92 Å². The predicted molar refractivity (Wildman–Crippen MR) is 45.9 cm³/mol. The van der Waals surface area contributed by atoms with Crippen molar-refractivity contribution in [2.24, 2.45) is 12.0 Å². The average molecular weight is 186 g/mol. The Hall–Kier alpha value is -1.10. The number of aryl methyl sites for hydroxylation is 1. The Bertz CT molecular complexity index is 326. The monoisotopic (exact) mass is 186 g/mol. The fourth-order valence-electron chi connectivity index (χ4n) is 0.669. The zero-order valence-corrected chi connectivity index (χ0v) is 7.80. The minimum atomic E-state index is -0.532. The van der Waals surface area contributed by atoms with Gasteiger partial charge in [-0.1, -0.05) is 0 Å². The summed E-state index contributed by atoms with van der Waals surface area (Å²) >= 11 is 1.40. The molecule has 1 amide bonds. The Morgan fingerprint density at radius 1 is 1.83 bits per heavy atom. The second-order valence-corrected chi connectivity index (χ2v) is 2.98. The smallest absolute Gasteiger partial charge is 0.436 e. The first kappa shape index (κ1) is 8.99. The summed E-state index contributed by atoms with van der Waals surface area (Å²) in [6.45, 7) is 2.11. The van der Waals surface area contributed by atoms with Crippen molar-refractivity contribution in [3.63, 3.8) is 0 Å². The summed E-state index contributed by atoms with van der Waals surface area (Å²) in [4.78, 5) is 15.2. The zero-order chi connectivity index (χ0) is 8.97. The SMILES string of the molecule is CCOC(=O)N=c1sccn1C. The van der Waals surface area contributed by atoms with Gasteiger partial charge >= 0.3 is 6.09 Å². The van der Waals surface area contributed by atoms with Crippen molar-refractivity contribution in [1.82, 2.24) is 4.57 Å². The van der Waals surface area contributed by atoms with Crippen LogP contribution >= 0.6 is 11.3 Å². The van der Waals surface area contributed by atoms with Gasteiger partial charge in [0, 0.05) is 18.6 Å². The quantitative estimate of drug-likeness (QED) is 0.660. The van der Waals surface area contributed by atoms with Gasteiger partial charge in [-0.2, -0.15) is 0 Å². The van der Waals surface area contributed by atoms with Crippen LogP contribution in [0.5, 0.6) is 0 Å². The van der Waals surface area contributed by atoms with E-state index in [1.165, 1.54) is 11.3 Å². The van der Waals surface area contributed by atoms with Gasteiger partial charge < -0.3 is 9.30 Å². The van der Waals surface area contributed by atoms with E-state index in [0.717, 1.165) is 0 Å². The molecule has 0 aromatic carbocycles. The minimum absolute atomic E-state index is 0.359. The van der Waals surface area contributed by atoms with Crippen molar-refractivity contribution in [2.75, 3.05) is 6.61 Å². The molecule has 1 heterocycles. The summed E-state index contributed by atoms with van der Waals surface area (Å²) in [5, 5.41) is 1.86. The van der Waals surface area contributed by atoms with E-state index in [1.807, 2.05) is 18.6 Å². The number of carbonyl (C=O) groups is 1. The lowest BCUT2D eigenvalue weighted by atomic mass is 10.9. The molecule has 0 saturated carbocycles. The molecule has 1 aromatic heterocycles. The van der Waals surface area contributed by atoms with Gasteiger partial charge in [-0.05, 0) is 6.92 Å². The maximum Gasteiger partial charge on any atom is 0.436 e. The number of hydrogen-bond donors (Lipinski definition) is 0. The molecular formula is C7H10N2O2S. The van der Waals surface area contributed by atoms with Gasteiger partial charge in [0.15, 0.2) is 4.80 Å². The number of nitrogens with zero attached hydrogens (tertiary/aromatic N) is 2. The van der Waals surface area contributed by atoms with E-state index in [2.05, 4.69) is 9.73 Å². The summed E-state index contributed by atoms with van der Waals surface area (Å²) < 4.78 is 6.42. The van der Waals surface area contributed by atoms with E-state index in [0.29, 0.717) is 11.4 Å². The molecule has 0 fully saturated rings. The first-order chi connectivity index (χ1) is 5.74. The van der Waals surface area contributed by atoms with E-state index in [1.54, 1.807) is 11.5 Å². The molecule has 0 aliphatic rings. The summed E-state index contributed by atoms with van der Waals surface area (Å²) in [5.41, 5.74) is 0. The molecule has 12 heavy (non-hydrogen) atoms. The van der Waals surface area contributed by atoms with Crippen molar-refractivity contribution in [3.05, 3.63) is 16.4 Å². The lowest BCUT2D eigenvalue weighted by Crippen LogP contribution is -2.13. The Kier molecular flexibility index (Phi) is 3.04. The van der Waals surface area contributed by atoms with Crippen molar-refractivity contribution in [1.29, 1.82) is 0 Å². The molecule has 0 aliphatic heterocycles. The lowest BCUT2D eigenvalue weighted by molar-refractivity contribution is 0.162. The van der Waals surface area contributed by atoms with Gasteiger partial charge in [-0.25, -0.2) is 4.79 Å². The lowest BCUT2D eigenvalue weighted by Gasteiger charge is -1.93. The molecule has 0 bridgehead atoms. The highest BCUT2D eigenvalue weighted by Crippen LogP contribution is 1.88. The third kappa shape index (κ3) is 2.20. The molecule has 0 saturated heterocycles. The highest BCUT2D eigenvalue weighted by Gasteiger charge is 1.97. The van der Waals surface area contributed by atoms with Crippen LogP contribution in [0.1, 0.15) is 6.92 Å². The molecule has 0 spiro atoms. The number of aromatic nitrogens is 1. The van der Waals surface area contributed by atoms with Crippen LogP contribution < -0.4 is 4.80 Å². The summed E-state index contributed by atoms with van der Waals surface area (Å²) in [6.07, 6.45) is 1.30. The van der Waals surface area contributed by atoms with Gasteiger partial charge in [0.2, 0.25) is 0 Å². The van der Waals surface area contributed by atoms with Crippen LogP contribution in [0.2, 0.25) is 0 Å². The molecular weight excluding hydrogens is 176 g/mol. The molecule has 0 radical (unpaired) electrons. The second kappa shape index (κ2) is 4.06. The third-order valence-corrected chi connectivity index (χ3v) is 2.06. The molecule has 5 heteroatoms. The van der Waals surface area contributed by atoms with Crippen molar-refractivity contribution < 1.29 is 9.53 Å². The maximum absolute atomic E-state index is 10.9. The van der Waals surface area contributed by atoms with Crippen molar-refractivity contribution in [3.8, 4) is 0 Å². The molecule has 0 aliphatic carbocycles. The van der Waals surface area contributed by atoms with Crippen LogP contribution in [0, 0.1) is 0 Å². The number of ether oxygens (including phenoxy) is 1. The van der Waals surface area contributed by atoms with Crippen LogP contribution in [-0.2, 0) is 11.8 Å². The van der Waals surface area contributed by atoms with Gasteiger partial charge in [0.25, 0.3) is 0 Å². The normalized spacial score (nSPS) is 11.7. The van der Waals surface area contributed by atoms with E-state index < -0.39 is 6.09 Å². The van der Waals surface area contributed by atoms with Crippen LogP contribution in [0.15, 0.2) is 16.6 Å². The summed E-state index contributed by atoms with van der Waals surface area (Å²) in [5.74, 6) is 0. The fourth-order valence-corrected chi connectivity index (χ4v) is 1.39. The summed E-state index contributed by atoms with van der Waals surface area (Å²) in [6, 6.07) is 0. The number of thiazole rings is 1. The Labute approximate surface area is 74.1 Å². The number of hydrogen-bond acceptors (Lipinski definition) is 3. The number of amides is 1. The first-order valence-corrected chi connectivity index (χ1v) is 4.43. The van der Waals surface area contributed by atoms with E-state index in [4.69, 9.17) is 0 Å². The van der Waals surface area contributed by atoms with Crippen LogP contribution in [0.4, 0.5) is 4.79 Å². The standard InChI is InChI=1S/C7H10N2O2S/c1-3-11-7(10)8-6-9(2)4-5-12-6/h4-5H,3H2,1-2H3. The molecule has 1 aromatic rings. The highest BCUT2D eigenvalue weighted by molar-refractivity contribution is 7.07. The highest BCUT2D eigenvalue weighted by atomic mass is 32.1. The van der Waals surface area contributed by atoms with Gasteiger partial charge in [0.1, 0.15) is 0 Å². The number of carbonyl (C=O) groups excluding carboxylic acids is 1. The Balaban J connectivity index is 2.83. The van der Waals surface area contributed by atoms with Gasteiger partial charge in [0.05, 0.1) is 6.61 Å². The van der Waals surface area contributed by atoms with Crippen LogP contribution in [-0.4, -0.2) is 17.3 Å². The maximum atomic E-state index is 10.9. The van der Waals surface area contributed by atoms with E-state index >= 15 is 0 Å². The zero-order valence-electron chi connectivity index (χ0n) is 6.98. The average Bonchev–Trinajstić information content (AvgIpc) is 2.37. The first-order valence-electron chi connectivity index (χ1n) is 3.55. The fraction of sp³-hybridized carbons (Fsp3) is 0.429. The largest absolute Gasteiger partial charge is 0.448 e. The van der Waals surface area contributed by atoms with Crippen molar-refractivity contribution >= 4 is 17.4 Å².